The first-order valence-electron chi connectivity index (χ1n) is 6.64. The minimum Gasteiger partial charge on any atom is -0.393 e. The number of benzene rings is 1. The Balaban J connectivity index is 2.35. The number of aliphatic hydroxyl groups excluding tert-OH is 1. The lowest BCUT2D eigenvalue weighted by atomic mass is 9.95. The predicted octanol–water partition coefficient (Wildman–Crippen LogP) is 2.55. The zero-order valence-corrected chi connectivity index (χ0v) is 12.3. The number of rotatable bonds is 2. The van der Waals surface area contributed by atoms with Crippen LogP contribution in [0.25, 0.3) is 0 Å². The van der Waals surface area contributed by atoms with E-state index in [-0.39, 0.29) is 22.6 Å². The van der Waals surface area contributed by atoms with E-state index >= 15 is 0 Å². The number of hydrogen-bond acceptors (Lipinski definition) is 3. The number of aliphatic hydroxyl groups is 1. The molecular weight excluding hydrogens is 301 g/mol. The van der Waals surface area contributed by atoms with E-state index in [0.717, 1.165) is 6.07 Å². The second-order valence-corrected chi connectivity index (χ2v) is 5.81. The van der Waals surface area contributed by atoms with Gasteiger partial charge in [0.1, 0.15) is 4.99 Å². The molecule has 0 amide bonds. The highest BCUT2D eigenvalue weighted by atomic mass is 32.1. The fraction of sp³-hybridized carbons (Fsp3) is 0.500. The summed E-state index contributed by atoms with van der Waals surface area (Å²) in [5, 5.41) is 9.72. The molecule has 2 rings (SSSR count). The van der Waals surface area contributed by atoms with E-state index in [1.807, 2.05) is 11.8 Å². The first kappa shape index (κ1) is 16.0. The third kappa shape index (κ3) is 3.47. The maximum Gasteiger partial charge on any atom is 0.417 e. The second-order valence-electron chi connectivity index (χ2n) is 5.37. The van der Waals surface area contributed by atoms with Gasteiger partial charge >= 0.3 is 6.18 Å². The molecule has 1 saturated heterocycles. The Bertz CT molecular complexity index is 548. The number of thiocarbonyl (C=S) groups is 1. The summed E-state index contributed by atoms with van der Waals surface area (Å²) >= 11 is 4.74. The lowest BCUT2D eigenvalue weighted by Gasteiger charge is -2.36. The van der Waals surface area contributed by atoms with Crippen LogP contribution >= 0.6 is 12.2 Å². The molecule has 21 heavy (non-hydrogen) atoms. The highest BCUT2D eigenvalue weighted by molar-refractivity contribution is 7.80. The van der Waals surface area contributed by atoms with Gasteiger partial charge in [0.15, 0.2) is 0 Å². The van der Waals surface area contributed by atoms with E-state index in [0.29, 0.717) is 25.2 Å². The van der Waals surface area contributed by atoms with Crippen LogP contribution in [0, 0.1) is 5.92 Å². The number of nitrogens with two attached hydrogens (primary N) is 1. The average molecular weight is 318 g/mol. The van der Waals surface area contributed by atoms with Crippen LogP contribution in [0.4, 0.5) is 18.9 Å². The van der Waals surface area contributed by atoms with Crippen molar-refractivity contribution in [2.75, 3.05) is 18.0 Å². The van der Waals surface area contributed by atoms with Crippen molar-refractivity contribution in [1.29, 1.82) is 0 Å². The summed E-state index contributed by atoms with van der Waals surface area (Å²) in [6.07, 6.45) is -4.27. The predicted molar refractivity (Wildman–Crippen MR) is 79.3 cm³/mol. The molecule has 2 atom stereocenters. The number of halogens is 3. The number of hydrogen-bond donors (Lipinski definition) is 2. The van der Waals surface area contributed by atoms with E-state index in [1.165, 1.54) is 12.1 Å². The number of nitrogens with zero attached hydrogens (tertiary/aromatic N) is 1. The number of alkyl halides is 3. The van der Waals surface area contributed by atoms with Crippen molar-refractivity contribution in [2.24, 2.45) is 11.7 Å². The molecule has 2 unspecified atom stereocenters. The van der Waals surface area contributed by atoms with Crippen LogP contribution in [0.2, 0.25) is 0 Å². The van der Waals surface area contributed by atoms with Gasteiger partial charge in [0.05, 0.1) is 11.7 Å². The molecule has 1 aromatic rings. The summed E-state index contributed by atoms with van der Waals surface area (Å²) in [4.78, 5) is 1.67. The molecule has 0 saturated carbocycles. The Morgan fingerprint density at radius 3 is 2.62 bits per heavy atom. The fourth-order valence-electron chi connectivity index (χ4n) is 2.55. The first-order chi connectivity index (χ1) is 9.70. The van der Waals surface area contributed by atoms with E-state index in [9.17, 15) is 18.3 Å². The minimum absolute atomic E-state index is 0.0642. The molecule has 1 fully saturated rings. The zero-order chi connectivity index (χ0) is 15.8. The summed E-state index contributed by atoms with van der Waals surface area (Å²) in [7, 11) is 0. The minimum atomic E-state index is -4.48. The average Bonchev–Trinajstić information content (AvgIpc) is 2.40. The Hall–Kier alpha value is -1.34. The molecule has 1 aliphatic rings. The normalized spacial score (nSPS) is 23.2. The molecular formula is C14H17F3N2OS. The van der Waals surface area contributed by atoms with Crippen LogP contribution in [-0.4, -0.2) is 29.3 Å². The van der Waals surface area contributed by atoms with Crippen LogP contribution < -0.4 is 10.6 Å². The number of piperidine rings is 1. The molecule has 7 heteroatoms. The maximum atomic E-state index is 12.9. The standard InChI is InChI=1S/C14H17F3N2OS/c1-8-7-19(5-4-12(8)20)9-2-3-11(14(15,16)17)10(6-9)13(18)21/h2-3,6,8,12,20H,4-5,7H2,1H3,(H2,18,21). The molecule has 0 aliphatic carbocycles. The van der Waals surface area contributed by atoms with Crippen LogP contribution in [0.15, 0.2) is 18.2 Å². The van der Waals surface area contributed by atoms with Gasteiger partial charge in [-0.2, -0.15) is 13.2 Å². The summed E-state index contributed by atoms with van der Waals surface area (Å²) in [5.74, 6) is 0.0642. The molecule has 3 nitrogen and oxygen atoms in total. The van der Waals surface area contributed by atoms with E-state index < -0.39 is 11.7 Å². The smallest absolute Gasteiger partial charge is 0.393 e. The molecule has 1 heterocycles. The zero-order valence-electron chi connectivity index (χ0n) is 11.5. The van der Waals surface area contributed by atoms with Crippen LogP contribution in [0.1, 0.15) is 24.5 Å². The SMILES string of the molecule is CC1CN(c2ccc(C(F)(F)F)c(C(N)=S)c2)CCC1O. The van der Waals surface area contributed by atoms with Gasteiger partial charge in [-0.15, -0.1) is 0 Å². The lowest BCUT2D eigenvalue weighted by Crippen LogP contribution is -2.42. The van der Waals surface area contributed by atoms with Gasteiger partial charge in [-0.05, 0) is 30.5 Å². The van der Waals surface area contributed by atoms with Gasteiger partial charge in [-0.3, -0.25) is 0 Å². The summed E-state index contributed by atoms with van der Waals surface area (Å²) in [5.41, 5.74) is 5.10. The third-order valence-corrected chi connectivity index (χ3v) is 4.02. The highest BCUT2D eigenvalue weighted by Gasteiger charge is 2.34. The Morgan fingerprint density at radius 1 is 1.43 bits per heavy atom. The van der Waals surface area contributed by atoms with Gasteiger partial charge in [0.2, 0.25) is 0 Å². The van der Waals surface area contributed by atoms with Gasteiger partial charge in [-0.25, -0.2) is 0 Å². The quantitative estimate of drug-likeness (QED) is 0.823. The van der Waals surface area contributed by atoms with Gasteiger partial charge < -0.3 is 15.7 Å². The van der Waals surface area contributed by atoms with E-state index in [1.54, 1.807) is 0 Å². The topological polar surface area (TPSA) is 49.5 Å². The fourth-order valence-corrected chi connectivity index (χ4v) is 2.72. The van der Waals surface area contributed by atoms with Crippen LogP contribution in [0.3, 0.4) is 0 Å². The van der Waals surface area contributed by atoms with Gasteiger partial charge in [-0.1, -0.05) is 19.1 Å². The molecule has 0 aromatic heterocycles. The first-order valence-corrected chi connectivity index (χ1v) is 7.05. The van der Waals surface area contributed by atoms with E-state index in [4.69, 9.17) is 18.0 Å². The Kier molecular flexibility index (Phi) is 4.43. The second kappa shape index (κ2) is 5.81. The van der Waals surface area contributed by atoms with Gasteiger partial charge in [0.25, 0.3) is 0 Å². The Labute approximate surface area is 126 Å². The molecule has 116 valence electrons. The van der Waals surface area contributed by atoms with Crippen molar-refractivity contribution in [1.82, 2.24) is 0 Å². The molecule has 0 bridgehead atoms. The summed E-state index contributed by atoms with van der Waals surface area (Å²) < 4.78 is 38.8. The maximum absolute atomic E-state index is 12.9. The van der Waals surface area contributed by atoms with Crippen molar-refractivity contribution in [3.8, 4) is 0 Å². The molecule has 3 N–H and O–H groups in total. The molecule has 0 spiro atoms. The van der Waals surface area contributed by atoms with Crippen LogP contribution in [0.5, 0.6) is 0 Å². The van der Waals surface area contributed by atoms with Crippen molar-refractivity contribution >= 4 is 22.9 Å². The third-order valence-electron chi connectivity index (χ3n) is 3.80. The van der Waals surface area contributed by atoms with E-state index in [2.05, 4.69) is 0 Å². The van der Waals surface area contributed by atoms with Crippen molar-refractivity contribution < 1.29 is 18.3 Å². The largest absolute Gasteiger partial charge is 0.417 e. The molecule has 1 aromatic carbocycles. The summed E-state index contributed by atoms with van der Waals surface area (Å²) in [6, 6.07) is 3.82. The van der Waals surface area contributed by atoms with Crippen molar-refractivity contribution in [3.63, 3.8) is 0 Å². The molecule has 0 radical (unpaired) electrons. The van der Waals surface area contributed by atoms with Crippen molar-refractivity contribution in [3.05, 3.63) is 29.3 Å². The monoisotopic (exact) mass is 318 g/mol. The van der Waals surface area contributed by atoms with Crippen LogP contribution in [-0.2, 0) is 6.18 Å². The highest BCUT2D eigenvalue weighted by Crippen LogP contribution is 2.34. The lowest BCUT2D eigenvalue weighted by molar-refractivity contribution is -0.137. The molecule has 1 aliphatic heterocycles. The number of anilines is 1. The summed E-state index contributed by atoms with van der Waals surface area (Å²) in [6.45, 7) is 3.09. The van der Waals surface area contributed by atoms with Gasteiger partial charge in [0, 0.05) is 24.3 Å². The van der Waals surface area contributed by atoms with Crippen molar-refractivity contribution in [2.45, 2.75) is 25.6 Å². The Morgan fingerprint density at radius 2 is 2.10 bits per heavy atom.